The molecule has 1 saturated carbocycles. The molecular formula is C16H25NOS. The third kappa shape index (κ3) is 3.21. The lowest BCUT2D eigenvalue weighted by molar-refractivity contribution is -0.110. The molecule has 2 aliphatic rings. The lowest BCUT2D eigenvalue weighted by atomic mass is 9.78. The highest BCUT2D eigenvalue weighted by molar-refractivity contribution is 7.07. The predicted molar refractivity (Wildman–Crippen MR) is 80.7 cm³/mol. The van der Waals surface area contributed by atoms with Crippen LogP contribution in [0, 0.1) is 0 Å². The SMILES string of the molecule is CC(NC1CCOC2(CCCCC2)C1)c1ccsc1. The first-order valence-electron chi connectivity index (χ1n) is 7.70. The Morgan fingerprint density at radius 3 is 2.95 bits per heavy atom. The van der Waals surface area contributed by atoms with Crippen LogP contribution in [0.25, 0.3) is 0 Å². The summed E-state index contributed by atoms with van der Waals surface area (Å²) in [7, 11) is 0. The second kappa shape index (κ2) is 5.94. The minimum absolute atomic E-state index is 0.211. The molecule has 106 valence electrons. The standard InChI is InChI=1S/C16H25NOS/c1-13(14-6-10-19-12-14)17-15-5-9-18-16(11-15)7-3-2-4-8-16/h6,10,12-13,15,17H,2-5,7-9,11H2,1H3. The molecule has 1 aromatic rings. The normalized spacial score (nSPS) is 28.4. The van der Waals surface area contributed by atoms with E-state index < -0.39 is 0 Å². The summed E-state index contributed by atoms with van der Waals surface area (Å²) in [5.74, 6) is 0. The van der Waals surface area contributed by atoms with Gasteiger partial charge in [-0.3, -0.25) is 0 Å². The average molecular weight is 279 g/mol. The topological polar surface area (TPSA) is 21.3 Å². The van der Waals surface area contributed by atoms with Gasteiger partial charge in [0, 0.05) is 18.7 Å². The van der Waals surface area contributed by atoms with E-state index in [-0.39, 0.29) is 5.60 Å². The molecular weight excluding hydrogens is 254 g/mol. The maximum atomic E-state index is 6.17. The van der Waals surface area contributed by atoms with Gasteiger partial charge in [-0.15, -0.1) is 0 Å². The maximum absolute atomic E-state index is 6.17. The van der Waals surface area contributed by atoms with Crippen molar-refractivity contribution in [2.75, 3.05) is 6.61 Å². The van der Waals surface area contributed by atoms with Crippen molar-refractivity contribution in [2.45, 2.75) is 69.6 Å². The van der Waals surface area contributed by atoms with Gasteiger partial charge in [0.2, 0.25) is 0 Å². The minimum atomic E-state index is 0.211. The van der Waals surface area contributed by atoms with E-state index in [1.165, 1.54) is 44.1 Å². The van der Waals surface area contributed by atoms with Gasteiger partial charge in [-0.05, 0) is 55.0 Å². The highest BCUT2D eigenvalue weighted by atomic mass is 32.1. The van der Waals surface area contributed by atoms with Crippen LogP contribution in [-0.4, -0.2) is 18.2 Å². The Bertz CT molecular complexity index is 378. The van der Waals surface area contributed by atoms with Crippen molar-refractivity contribution < 1.29 is 4.74 Å². The zero-order valence-electron chi connectivity index (χ0n) is 11.9. The Balaban J connectivity index is 1.59. The summed E-state index contributed by atoms with van der Waals surface area (Å²) in [6.45, 7) is 3.22. The van der Waals surface area contributed by atoms with E-state index in [1.807, 2.05) is 0 Å². The first kappa shape index (κ1) is 13.6. The molecule has 0 amide bonds. The van der Waals surface area contributed by atoms with Crippen LogP contribution in [0.4, 0.5) is 0 Å². The third-order valence-corrected chi connectivity index (χ3v) is 5.49. The Kier molecular flexibility index (Phi) is 4.25. The van der Waals surface area contributed by atoms with Crippen molar-refractivity contribution >= 4 is 11.3 Å². The van der Waals surface area contributed by atoms with Crippen LogP contribution in [-0.2, 0) is 4.74 Å². The van der Waals surface area contributed by atoms with Gasteiger partial charge in [0.05, 0.1) is 5.60 Å². The predicted octanol–water partition coefficient (Wildman–Crippen LogP) is 4.28. The van der Waals surface area contributed by atoms with Crippen molar-refractivity contribution in [1.82, 2.24) is 5.32 Å². The quantitative estimate of drug-likeness (QED) is 0.891. The number of thiophene rings is 1. The Hall–Kier alpha value is -0.380. The molecule has 1 spiro atoms. The van der Waals surface area contributed by atoms with Crippen molar-refractivity contribution in [2.24, 2.45) is 0 Å². The summed E-state index contributed by atoms with van der Waals surface area (Å²) in [4.78, 5) is 0. The first-order chi connectivity index (χ1) is 9.27. The molecule has 1 aliphatic carbocycles. The van der Waals surface area contributed by atoms with E-state index in [0.29, 0.717) is 12.1 Å². The van der Waals surface area contributed by atoms with E-state index in [2.05, 4.69) is 29.1 Å². The van der Waals surface area contributed by atoms with Gasteiger partial charge >= 0.3 is 0 Å². The Morgan fingerprint density at radius 1 is 1.37 bits per heavy atom. The molecule has 3 heteroatoms. The van der Waals surface area contributed by atoms with Crippen molar-refractivity contribution in [3.8, 4) is 0 Å². The highest BCUT2D eigenvalue weighted by Crippen LogP contribution is 2.39. The highest BCUT2D eigenvalue weighted by Gasteiger charge is 2.38. The monoisotopic (exact) mass is 279 g/mol. The Morgan fingerprint density at radius 2 is 2.21 bits per heavy atom. The van der Waals surface area contributed by atoms with E-state index >= 15 is 0 Å². The van der Waals surface area contributed by atoms with Crippen molar-refractivity contribution in [1.29, 1.82) is 0 Å². The van der Waals surface area contributed by atoms with Crippen LogP contribution in [0.2, 0.25) is 0 Å². The van der Waals surface area contributed by atoms with Crippen LogP contribution < -0.4 is 5.32 Å². The zero-order chi connectivity index (χ0) is 13.1. The average Bonchev–Trinajstić information content (AvgIpc) is 2.93. The number of rotatable bonds is 3. The molecule has 1 saturated heterocycles. The minimum Gasteiger partial charge on any atom is -0.375 e. The largest absolute Gasteiger partial charge is 0.375 e. The molecule has 0 bridgehead atoms. The maximum Gasteiger partial charge on any atom is 0.0697 e. The molecule has 1 aliphatic heterocycles. The van der Waals surface area contributed by atoms with Gasteiger partial charge in [0.15, 0.2) is 0 Å². The molecule has 1 N–H and O–H groups in total. The second-order valence-electron chi connectivity index (χ2n) is 6.23. The molecule has 2 heterocycles. The van der Waals surface area contributed by atoms with E-state index in [1.54, 1.807) is 11.3 Å². The smallest absolute Gasteiger partial charge is 0.0697 e. The fourth-order valence-corrected chi connectivity index (χ4v) is 4.44. The molecule has 19 heavy (non-hydrogen) atoms. The molecule has 2 fully saturated rings. The fraction of sp³-hybridized carbons (Fsp3) is 0.750. The van der Waals surface area contributed by atoms with Crippen LogP contribution in [0.5, 0.6) is 0 Å². The first-order valence-corrected chi connectivity index (χ1v) is 8.64. The molecule has 0 aromatic carbocycles. The lowest BCUT2D eigenvalue weighted by Gasteiger charge is -2.44. The van der Waals surface area contributed by atoms with Crippen molar-refractivity contribution in [3.63, 3.8) is 0 Å². The van der Waals surface area contributed by atoms with Gasteiger partial charge < -0.3 is 10.1 Å². The van der Waals surface area contributed by atoms with E-state index in [0.717, 1.165) is 13.0 Å². The fourth-order valence-electron chi connectivity index (χ4n) is 3.69. The van der Waals surface area contributed by atoms with Gasteiger partial charge in [0.1, 0.15) is 0 Å². The molecule has 2 nitrogen and oxygen atoms in total. The van der Waals surface area contributed by atoms with E-state index in [9.17, 15) is 0 Å². The van der Waals surface area contributed by atoms with Crippen LogP contribution in [0.3, 0.4) is 0 Å². The number of hydrogen-bond donors (Lipinski definition) is 1. The van der Waals surface area contributed by atoms with Crippen molar-refractivity contribution in [3.05, 3.63) is 22.4 Å². The summed E-state index contributed by atoms with van der Waals surface area (Å²) in [6.07, 6.45) is 9.03. The molecule has 1 aromatic heterocycles. The zero-order valence-corrected chi connectivity index (χ0v) is 12.7. The molecule has 0 radical (unpaired) electrons. The Labute approximate surface area is 120 Å². The van der Waals surface area contributed by atoms with Crippen LogP contribution in [0.15, 0.2) is 16.8 Å². The van der Waals surface area contributed by atoms with Gasteiger partial charge in [-0.2, -0.15) is 11.3 Å². The summed E-state index contributed by atoms with van der Waals surface area (Å²) in [6, 6.07) is 3.33. The number of hydrogen-bond acceptors (Lipinski definition) is 3. The molecule has 3 rings (SSSR count). The summed E-state index contributed by atoms with van der Waals surface area (Å²) >= 11 is 1.79. The number of ether oxygens (including phenoxy) is 1. The molecule has 2 atom stereocenters. The lowest BCUT2D eigenvalue weighted by Crippen LogP contribution is -2.48. The van der Waals surface area contributed by atoms with E-state index in [4.69, 9.17) is 4.74 Å². The summed E-state index contributed by atoms with van der Waals surface area (Å²) < 4.78 is 6.17. The number of nitrogens with one attached hydrogen (secondary N) is 1. The van der Waals surface area contributed by atoms with Gasteiger partial charge in [-0.25, -0.2) is 0 Å². The van der Waals surface area contributed by atoms with Gasteiger partial charge in [-0.1, -0.05) is 19.3 Å². The van der Waals surface area contributed by atoms with Crippen LogP contribution >= 0.6 is 11.3 Å². The second-order valence-corrected chi connectivity index (χ2v) is 7.01. The summed E-state index contributed by atoms with van der Waals surface area (Å²) in [5, 5.41) is 8.24. The summed E-state index contributed by atoms with van der Waals surface area (Å²) in [5.41, 5.74) is 1.64. The third-order valence-electron chi connectivity index (χ3n) is 4.79. The van der Waals surface area contributed by atoms with Gasteiger partial charge in [0.25, 0.3) is 0 Å². The van der Waals surface area contributed by atoms with Crippen LogP contribution in [0.1, 0.15) is 63.5 Å². The molecule has 2 unspecified atom stereocenters.